The topological polar surface area (TPSA) is 46.5 Å². The van der Waals surface area contributed by atoms with Gasteiger partial charge in [-0.05, 0) is 25.1 Å². The van der Waals surface area contributed by atoms with Gasteiger partial charge in [-0.3, -0.25) is 0 Å². The summed E-state index contributed by atoms with van der Waals surface area (Å²) < 4.78 is 17.9. The monoisotopic (exact) mass is 214 g/mol. The van der Waals surface area contributed by atoms with Gasteiger partial charge in [0, 0.05) is 0 Å². The molecule has 15 heavy (non-hydrogen) atoms. The van der Waals surface area contributed by atoms with Gasteiger partial charge in [-0.1, -0.05) is 13.8 Å². The Balaban J connectivity index is 0.000000921. The third kappa shape index (κ3) is 3.97. The number of carbonyl (C=O) groups is 1. The predicted molar refractivity (Wildman–Crippen MR) is 55.9 cm³/mol. The fourth-order valence-electron chi connectivity index (χ4n) is 0.906. The number of rotatable bonds is 3. The van der Waals surface area contributed by atoms with Crippen molar-refractivity contribution in [3.63, 3.8) is 0 Å². The van der Waals surface area contributed by atoms with E-state index in [1.54, 1.807) is 6.92 Å². The smallest absolute Gasteiger partial charge is 0.335 e. The van der Waals surface area contributed by atoms with Crippen molar-refractivity contribution in [3.8, 4) is 5.75 Å². The van der Waals surface area contributed by atoms with Crippen molar-refractivity contribution < 1.29 is 19.0 Å². The van der Waals surface area contributed by atoms with Crippen molar-refractivity contribution >= 4 is 5.97 Å². The predicted octanol–water partition coefficient (Wildman–Crippen LogP) is 2.95. The van der Waals surface area contributed by atoms with Gasteiger partial charge in [0.25, 0.3) is 0 Å². The van der Waals surface area contributed by atoms with Crippen LogP contribution in [0.2, 0.25) is 0 Å². The summed E-state index contributed by atoms with van der Waals surface area (Å²) >= 11 is 0. The molecule has 0 bridgehead atoms. The molecular weight excluding hydrogens is 199 g/mol. The molecule has 0 atom stereocenters. The quantitative estimate of drug-likeness (QED) is 0.841. The maximum Gasteiger partial charge on any atom is 0.335 e. The first-order valence-electron chi connectivity index (χ1n) is 4.80. The molecule has 3 nitrogen and oxygen atoms in total. The van der Waals surface area contributed by atoms with E-state index in [0.29, 0.717) is 6.61 Å². The van der Waals surface area contributed by atoms with Gasteiger partial charge in [-0.25, -0.2) is 9.18 Å². The molecule has 0 radical (unpaired) electrons. The van der Waals surface area contributed by atoms with Gasteiger partial charge in [-0.2, -0.15) is 0 Å². The second-order valence-electron chi connectivity index (χ2n) is 2.38. The molecule has 0 heterocycles. The Bertz CT molecular complexity index is 324. The minimum Gasteiger partial charge on any atom is -0.491 e. The molecule has 1 rings (SSSR count). The molecule has 1 aromatic rings. The zero-order valence-corrected chi connectivity index (χ0v) is 9.08. The molecule has 0 unspecified atom stereocenters. The van der Waals surface area contributed by atoms with Crippen LogP contribution >= 0.6 is 0 Å². The Kier molecular flexibility index (Phi) is 6.09. The first-order chi connectivity index (χ1) is 7.15. The van der Waals surface area contributed by atoms with Crippen LogP contribution in [0.15, 0.2) is 18.2 Å². The molecule has 0 aliphatic rings. The highest BCUT2D eigenvalue weighted by atomic mass is 19.1. The molecule has 1 N–H and O–H groups in total. The number of carboxylic acid groups (broad SMARTS) is 1. The molecule has 84 valence electrons. The van der Waals surface area contributed by atoms with E-state index in [1.807, 2.05) is 13.8 Å². The van der Waals surface area contributed by atoms with Crippen LogP contribution in [0.5, 0.6) is 5.75 Å². The van der Waals surface area contributed by atoms with Gasteiger partial charge in [0.1, 0.15) is 0 Å². The summed E-state index contributed by atoms with van der Waals surface area (Å²) in [5, 5.41) is 8.52. The van der Waals surface area contributed by atoms with Crippen LogP contribution in [-0.2, 0) is 0 Å². The van der Waals surface area contributed by atoms with Gasteiger partial charge in [0.2, 0.25) is 0 Å². The van der Waals surface area contributed by atoms with Crippen LogP contribution in [0.25, 0.3) is 0 Å². The first kappa shape index (κ1) is 13.4. The average molecular weight is 214 g/mol. The highest BCUT2D eigenvalue weighted by Crippen LogP contribution is 2.17. The van der Waals surface area contributed by atoms with Gasteiger partial charge in [-0.15, -0.1) is 0 Å². The summed E-state index contributed by atoms with van der Waals surface area (Å²) in [6.07, 6.45) is 0. The molecule has 0 aromatic heterocycles. The number of benzene rings is 1. The summed E-state index contributed by atoms with van der Waals surface area (Å²) in [6, 6.07) is 3.55. The van der Waals surface area contributed by atoms with E-state index in [-0.39, 0.29) is 11.3 Å². The summed E-state index contributed by atoms with van der Waals surface area (Å²) in [7, 11) is 0. The Morgan fingerprint density at radius 3 is 2.47 bits per heavy atom. The lowest BCUT2D eigenvalue weighted by Crippen LogP contribution is -1.99. The SMILES string of the molecule is CC.CCOc1ccc(C(=O)O)cc1F. The van der Waals surface area contributed by atoms with Crippen LogP contribution in [-0.4, -0.2) is 17.7 Å². The zero-order chi connectivity index (χ0) is 11.8. The summed E-state index contributed by atoms with van der Waals surface area (Å²) in [6.45, 7) is 6.08. The molecule has 0 saturated heterocycles. The van der Waals surface area contributed by atoms with Crippen LogP contribution in [0.3, 0.4) is 0 Å². The van der Waals surface area contributed by atoms with Crippen molar-refractivity contribution in [2.24, 2.45) is 0 Å². The average Bonchev–Trinajstić information content (AvgIpc) is 2.24. The Labute approximate surface area is 88.5 Å². The molecule has 4 heteroatoms. The maximum absolute atomic E-state index is 13.0. The first-order valence-corrected chi connectivity index (χ1v) is 4.80. The Hall–Kier alpha value is -1.58. The Morgan fingerprint density at radius 2 is 2.07 bits per heavy atom. The third-order valence-electron chi connectivity index (χ3n) is 1.48. The zero-order valence-electron chi connectivity index (χ0n) is 9.08. The summed E-state index contributed by atoms with van der Waals surface area (Å²) in [4.78, 5) is 10.4. The van der Waals surface area contributed by atoms with Crippen LogP contribution < -0.4 is 4.74 Å². The second-order valence-corrected chi connectivity index (χ2v) is 2.38. The van der Waals surface area contributed by atoms with Crippen molar-refractivity contribution in [1.82, 2.24) is 0 Å². The van der Waals surface area contributed by atoms with Crippen molar-refractivity contribution in [2.75, 3.05) is 6.61 Å². The number of ether oxygens (including phenoxy) is 1. The van der Waals surface area contributed by atoms with Crippen LogP contribution in [0.4, 0.5) is 4.39 Å². The van der Waals surface area contributed by atoms with E-state index in [1.165, 1.54) is 12.1 Å². The lowest BCUT2D eigenvalue weighted by molar-refractivity contribution is 0.0696. The standard InChI is InChI=1S/C9H9FO3.C2H6/c1-2-13-8-4-3-6(9(11)12)5-7(8)10;1-2/h3-5H,2H2,1H3,(H,11,12);1-2H3. The highest BCUT2D eigenvalue weighted by molar-refractivity contribution is 5.87. The van der Waals surface area contributed by atoms with Gasteiger partial charge >= 0.3 is 5.97 Å². The lowest BCUT2D eigenvalue weighted by Gasteiger charge is -2.04. The van der Waals surface area contributed by atoms with Crippen LogP contribution in [0.1, 0.15) is 31.1 Å². The molecule has 0 amide bonds. The van der Waals surface area contributed by atoms with Crippen molar-refractivity contribution in [2.45, 2.75) is 20.8 Å². The largest absolute Gasteiger partial charge is 0.491 e. The van der Waals surface area contributed by atoms with Gasteiger partial charge < -0.3 is 9.84 Å². The normalized spacial score (nSPS) is 8.80. The number of halogens is 1. The number of aromatic carboxylic acids is 1. The molecular formula is C11H15FO3. The fourth-order valence-corrected chi connectivity index (χ4v) is 0.906. The lowest BCUT2D eigenvalue weighted by atomic mass is 10.2. The molecule has 0 aliphatic carbocycles. The Morgan fingerprint density at radius 1 is 1.47 bits per heavy atom. The number of hydrogen-bond donors (Lipinski definition) is 1. The van der Waals surface area contributed by atoms with Crippen molar-refractivity contribution in [3.05, 3.63) is 29.6 Å². The van der Waals surface area contributed by atoms with Crippen LogP contribution in [0, 0.1) is 5.82 Å². The molecule has 0 spiro atoms. The summed E-state index contributed by atoms with van der Waals surface area (Å²) in [5.74, 6) is -1.73. The molecule has 1 aromatic carbocycles. The molecule has 0 aliphatic heterocycles. The van der Waals surface area contributed by atoms with E-state index in [9.17, 15) is 9.18 Å². The second kappa shape index (κ2) is 6.81. The van der Waals surface area contributed by atoms with E-state index >= 15 is 0 Å². The van der Waals surface area contributed by atoms with E-state index in [4.69, 9.17) is 9.84 Å². The minimum absolute atomic E-state index is 0.0764. The van der Waals surface area contributed by atoms with Gasteiger partial charge in [0.05, 0.1) is 12.2 Å². The van der Waals surface area contributed by atoms with Crippen molar-refractivity contribution in [1.29, 1.82) is 0 Å². The number of hydrogen-bond acceptors (Lipinski definition) is 2. The molecule has 0 fully saturated rings. The highest BCUT2D eigenvalue weighted by Gasteiger charge is 2.08. The maximum atomic E-state index is 13.0. The fraction of sp³-hybridized carbons (Fsp3) is 0.364. The third-order valence-corrected chi connectivity index (χ3v) is 1.48. The molecule has 0 saturated carbocycles. The number of carboxylic acids is 1. The van der Waals surface area contributed by atoms with E-state index < -0.39 is 11.8 Å². The van der Waals surface area contributed by atoms with Gasteiger partial charge in [0.15, 0.2) is 11.6 Å². The minimum atomic E-state index is -1.15. The van der Waals surface area contributed by atoms with E-state index in [0.717, 1.165) is 6.07 Å². The van der Waals surface area contributed by atoms with E-state index in [2.05, 4.69) is 0 Å². The summed E-state index contributed by atoms with van der Waals surface area (Å²) in [5.41, 5.74) is -0.0825.